The fraction of sp³-hybridized carbons (Fsp3) is 0.382. The first kappa shape index (κ1) is 35.0. The molecule has 2 amide bonds. The average molecular weight is 717 g/mol. The minimum atomic E-state index is -3.40. The highest BCUT2D eigenvalue weighted by Gasteiger charge is 2.45. The van der Waals surface area contributed by atoms with E-state index in [1.807, 2.05) is 31.2 Å². The largest absolute Gasteiger partial charge is 0.493 e. The Morgan fingerprint density at radius 2 is 1.53 bits per heavy atom. The number of halogens is 3. The fourth-order valence-corrected chi connectivity index (χ4v) is 7.63. The van der Waals surface area contributed by atoms with Crippen molar-refractivity contribution in [3.05, 3.63) is 98.0 Å². The lowest BCUT2D eigenvalue weighted by Crippen LogP contribution is -2.55. The van der Waals surface area contributed by atoms with Crippen molar-refractivity contribution < 1.29 is 17.9 Å². The SMILES string of the molecule is CCOc1cc(C(C)(C)C#N)c(Cl)cc1C1=N[C@@H](c2ccc(Cl)cc2)[C@@H](c2ccc(Cl)cc2)N1C(=O)N1CCN(S(=O)(=O)CC)CC1. The van der Waals surface area contributed by atoms with Crippen LogP contribution in [0.5, 0.6) is 5.75 Å². The van der Waals surface area contributed by atoms with Crippen LogP contribution in [0.25, 0.3) is 0 Å². The minimum Gasteiger partial charge on any atom is -0.493 e. The Bertz CT molecular complexity index is 1820. The molecule has 0 aliphatic carbocycles. The molecule has 5 rings (SSSR count). The average Bonchev–Trinajstić information content (AvgIpc) is 3.46. The Kier molecular flexibility index (Phi) is 10.4. The van der Waals surface area contributed by atoms with Crippen LogP contribution >= 0.6 is 34.8 Å². The van der Waals surface area contributed by atoms with Crippen LogP contribution in [-0.2, 0) is 15.4 Å². The van der Waals surface area contributed by atoms with Crippen LogP contribution in [0.15, 0.2) is 65.7 Å². The van der Waals surface area contributed by atoms with Gasteiger partial charge < -0.3 is 9.64 Å². The van der Waals surface area contributed by atoms with Crippen molar-refractivity contribution in [2.24, 2.45) is 4.99 Å². The lowest BCUT2D eigenvalue weighted by molar-refractivity contribution is 0.143. The molecule has 0 N–H and O–H groups in total. The molecule has 47 heavy (non-hydrogen) atoms. The number of hydrogen-bond acceptors (Lipinski definition) is 6. The number of rotatable bonds is 8. The number of nitrogens with zero attached hydrogens (tertiary/aromatic N) is 5. The third kappa shape index (κ3) is 7.10. The van der Waals surface area contributed by atoms with Crippen LogP contribution in [0.3, 0.4) is 0 Å². The summed E-state index contributed by atoms with van der Waals surface area (Å²) in [4.78, 5) is 23.3. The van der Waals surface area contributed by atoms with Gasteiger partial charge in [0.15, 0.2) is 0 Å². The number of ether oxygens (including phenoxy) is 1. The van der Waals surface area contributed by atoms with E-state index in [9.17, 15) is 18.5 Å². The van der Waals surface area contributed by atoms with E-state index in [2.05, 4.69) is 6.07 Å². The minimum absolute atomic E-state index is 0.00907. The summed E-state index contributed by atoms with van der Waals surface area (Å²) in [5, 5.41) is 11.3. The molecule has 2 atom stereocenters. The highest BCUT2D eigenvalue weighted by atomic mass is 35.5. The van der Waals surface area contributed by atoms with Crippen molar-refractivity contribution in [1.82, 2.24) is 14.1 Å². The van der Waals surface area contributed by atoms with Crippen LogP contribution < -0.4 is 4.74 Å². The Labute approximate surface area is 291 Å². The fourth-order valence-electron chi connectivity index (χ4n) is 5.89. The second-order valence-corrected chi connectivity index (χ2v) is 15.4. The number of nitriles is 1. The molecule has 2 aliphatic rings. The molecule has 3 aromatic carbocycles. The first-order chi connectivity index (χ1) is 22.3. The van der Waals surface area contributed by atoms with Gasteiger partial charge in [0.05, 0.1) is 35.4 Å². The quantitative estimate of drug-likeness (QED) is 0.240. The number of sulfonamides is 1. The van der Waals surface area contributed by atoms with Crippen LogP contribution in [-0.4, -0.2) is 72.9 Å². The maximum Gasteiger partial charge on any atom is 0.326 e. The van der Waals surface area contributed by atoms with E-state index in [0.29, 0.717) is 44.4 Å². The number of aliphatic imine (C=N–C) groups is 1. The molecule has 2 aliphatic heterocycles. The summed E-state index contributed by atoms with van der Waals surface area (Å²) in [5.41, 5.74) is 1.78. The Hall–Kier alpha value is -3.33. The molecule has 2 heterocycles. The van der Waals surface area contributed by atoms with Crippen molar-refractivity contribution >= 4 is 56.7 Å². The standard InChI is InChI=1S/C34H36Cl3N5O4S/c1-5-46-29-20-27(34(3,4)21-38)28(37)19-26(29)32-39-30(22-7-11-24(35)12-8-22)31(23-9-13-25(36)14-10-23)42(32)33(43)40-15-17-41(18-16-40)47(44,45)6-2/h7-14,19-20,30-31H,5-6,15-18H2,1-4H3/t30-,31+/m0/s1. The van der Waals surface area contributed by atoms with Gasteiger partial charge in [-0.1, -0.05) is 59.1 Å². The zero-order valence-corrected chi connectivity index (χ0v) is 29.7. The van der Waals surface area contributed by atoms with E-state index in [-0.39, 0.29) is 38.0 Å². The lowest BCUT2D eigenvalue weighted by atomic mass is 9.85. The third-order valence-electron chi connectivity index (χ3n) is 8.53. The van der Waals surface area contributed by atoms with Crippen LogP contribution in [0.4, 0.5) is 4.79 Å². The third-order valence-corrected chi connectivity index (χ3v) is 11.2. The van der Waals surface area contributed by atoms with Gasteiger partial charge in [-0.05, 0) is 80.8 Å². The second-order valence-electron chi connectivity index (χ2n) is 11.9. The maximum absolute atomic E-state index is 14.8. The smallest absolute Gasteiger partial charge is 0.326 e. The van der Waals surface area contributed by atoms with Crippen molar-refractivity contribution in [3.8, 4) is 11.8 Å². The van der Waals surface area contributed by atoms with Gasteiger partial charge in [-0.15, -0.1) is 0 Å². The van der Waals surface area contributed by atoms with Gasteiger partial charge in [0.25, 0.3) is 0 Å². The lowest BCUT2D eigenvalue weighted by Gasteiger charge is -2.38. The monoisotopic (exact) mass is 715 g/mol. The number of urea groups is 1. The first-order valence-corrected chi connectivity index (χ1v) is 18.1. The number of hydrogen-bond donors (Lipinski definition) is 0. The molecular weight excluding hydrogens is 681 g/mol. The van der Waals surface area contributed by atoms with Gasteiger partial charge in [-0.25, -0.2) is 13.2 Å². The molecule has 0 saturated carbocycles. The summed E-state index contributed by atoms with van der Waals surface area (Å²) in [5.74, 6) is 0.757. The highest BCUT2D eigenvalue weighted by molar-refractivity contribution is 7.89. The number of amidine groups is 1. The number of amides is 2. The van der Waals surface area contributed by atoms with Gasteiger partial charge in [-0.2, -0.15) is 9.57 Å². The van der Waals surface area contributed by atoms with Crippen LogP contribution in [0, 0.1) is 11.3 Å². The molecule has 1 fully saturated rings. The summed E-state index contributed by atoms with van der Waals surface area (Å²) in [7, 11) is -3.40. The topological polar surface area (TPSA) is 106 Å². The number of benzene rings is 3. The van der Waals surface area contributed by atoms with E-state index in [1.54, 1.807) is 67.0 Å². The number of carbonyl (C=O) groups excluding carboxylic acids is 1. The van der Waals surface area contributed by atoms with Crippen LogP contribution in [0.2, 0.25) is 15.1 Å². The molecule has 0 spiro atoms. The van der Waals surface area contributed by atoms with E-state index < -0.39 is 27.5 Å². The maximum atomic E-state index is 14.8. The predicted octanol–water partition coefficient (Wildman–Crippen LogP) is 7.48. The molecule has 248 valence electrons. The van der Waals surface area contributed by atoms with Gasteiger partial charge in [0, 0.05) is 41.2 Å². The zero-order valence-electron chi connectivity index (χ0n) is 26.6. The molecule has 0 radical (unpaired) electrons. The molecule has 13 heteroatoms. The molecule has 0 aromatic heterocycles. The Balaban J connectivity index is 1.69. The van der Waals surface area contributed by atoms with Crippen molar-refractivity contribution in [2.45, 2.75) is 45.2 Å². The van der Waals surface area contributed by atoms with Crippen molar-refractivity contribution in [2.75, 3.05) is 38.5 Å². The number of piperazine rings is 1. The Morgan fingerprint density at radius 3 is 2.06 bits per heavy atom. The molecular formula is C34H36Cl3N5O4S. The summed E-state index contributed by atoms with van der Waals surface area (Å²) >= 11 is 19.4. The van der Waals surface area contributed by atoms with Crippen molar-refractivity contribution in [1.29, 1.82) is 5.26 Å². The summed E-state index contributed by atoms with van der Waals surface area (Å²) in [6.45, 7) is 8.10. The predicted molar refractivity (Wildman–Crippen MR) is 186 cm³/mol. The second kappa shape index (κ2) is 14.0. The molecule has 1 saturated heterocycles. The molecule has 0 bridgehead atoms. The normalized spacial score (nSPS) is 19.0. The van der Waals surface area contributed by atoms with E-state index in [1.165, 1.54) is 4.31 Å². The summed E-state index contributed by atoms with van der Waals surface area (Å²) in [6, 6.07) is 18.9. The van der Waals surface area contributed by atoms with E-state index in [4.69, 9.17) is 44.5 Å². The van der Waals surface area contributed by atoms with Crippen molar-refractivity contribution in [3.63, 3.8) is 0 Å². The Morgan fingerprint density at radius 1 is 0.957 bits per heavy atom. The summed E-state index contributed by atoms with van der Waals surface area (Å²) in [6.07, 6.45) is 0. The molecule has 3 aromatic rings. The first-order valence-electron chi connectivity index (χ1n) is 15.3. The number of carbonyl (C=O) groups is 1. The van der Waals surface area contributed by atoms with Gasteiger partial charge in [0.2, 0.25) is 10.0 Å². The van der Waals surface area contributed by atoms with Gasteiger partial charge in [-0.3, -0.25) is 9.89 Å². The molecule has 9 nitrogen and oxygen atoms in total. The highest BCUT2D eigenvalue weighted by Crippen LogP contribution is 2.46. The molecule has 0 unspecified atom stereocenters. The summed E-state index contributed by atoms with van der Waals surface area (Å²) < 4.78 is 32.7. The van der Waals surface area contributed by atoms with Gasteiger partial charge >= 0.3 is 6.03 Å². The van der Waals surface area contributed by atoms with Crippen LogP contribution in [0.1, 0.15) is 62.0 Å². The van der Waals surface area contributed by atoms with E-state index in [0.717, 1.165) is 11.1 Å². The van der Waals surface area contributed by atoms with E-state index >= 15 is 0 Å². The van der Waals surface area contributed by atoms with Gasteiger partial charge in [0.1, 0.15) is 17.6 Å². The zero-order chi connectivity index (χ0) is 34.1.